The predicted octanol–water partition coefficient (Wildman–Crippen LogP) is 2.53. The second-order valence-corrected chi connectivity index (χ2v) is 5.56. The molecule has 0 atom stereocenters. The molecule has 0 spiro atoms. The lowest BCUT2D eigenvalue weighted by Crippen LogP contribution is -2.21. The number of carbonyl (C=O) groups is 2. The number of hydrogen-bond donors (Lipinski definition) is 1. The molecule has 0 aliphatic carbocycles. The first-order chi connectivity index (χ1) is 11.1. The minimum atomic E-state index is -0.318. The summed E-state index contributed by atoms with van der Waals surface area (Å²) in [6.45, 7) is 3.48. The second-order valence-electron chi connectivity index (χ2n) is 5.56. The van der Waals surface area contributed by atoms with E-state index in [1.54, 1.807) is 30.3 Å². The van der Waals surface area contributed by atoms with Crippen LogP contribution in [0.1, 0.15) is 40.6 Å². The lowest BCUT2D eigenvalue weighted by Gasteiger charge is -2.15. The smallest absolute Gasteiger partial charge is 0.276 e. The van der Waals surface area contributed by atoms with Crippen molar-refractivity contribution < 1.29 is 9.59 Å². The maximum Gasteiger partial charge on any atom is 0.276 e. The highest BCUT2D eigenvalue weighted by atomic mass is 16.2. The van der Waals surface area contributed by atoms with Crippen LogP contribution < -0.4 is 10.2 Å². The van der Waals surface area contributed by atoms with E-state index in [4.69, 9.17) is 0 Å². The fraction of sp³-hybridized carbons (Fsp3) is 0.294. The molecule has 1 amide bonds. The molecule has 6 heteroatoms. The van der Waals surface area contributed by atoms with E-state index in [-0.39, 0.29) is 17.4 Å². The summed E-state index contributed by atoms with van der Waals surface area (Å²) in [6.07, 6.45) is 2.33. The molecule has 1 saturated heterocycles. The fourth-order valence-corrected chi connectivity index (χ4v) is 2.54. The first kappa shape index (κ1) is 15.1. The summed E-state index contributed by atoms with van der Waals surface area (Å²) in [4.78, 5) is 25.6. The molecule has 23 heavy (non-hydrogen) atoms. The molecule has 1 aliphatic heterocycles. The summed E-state index contributed by atoms with van der Waals surface area (Å²) in [5.41, 5.74) is 1.49. The molecule has 118 valence electrons. The van der Waals surface area contributed by atoms with Gasteiger partial charge in [0.15, 0.2) is 17.3 Å². The van der Waals surface area contributed by atoms with Crippen LogP contribution in [0.4, 0.5) is 11.5 Å². The Morgan fingerprint density at radius 2 is 1.70 bits per heavy atom. The van der Waals surface area contributed by atoms with Crippen molar-refractivity contribution in [3.05, 3.63) is 47.7 Å². The van der Waals surface area contributed by atoms with Crippen LogP contribution in [-0.2, 0) is 0 Å². The third-order valence-electron chi connectivity index (χ3n) is 3.86. The molecule has 1 aliphatic rings. The van der Waals surface area contributed by atoms with E-state index in [9.17, 15) is 9.59 Å². The highest BCUT2D eigenvalue weighted by molar-refractivity contribution is 6.03. The maximum absolute atomic E-state index is 12.2. The Balaban J connectivity index is 1.66. The first-order valence-corrected chi connectivity index (χ1v) is 7.64. The quantitative estimate of drug-likeness (QED) is 0.878. The number of anilines is 2. The molecule has 1 fully saturated rings. The van der Waals surface area contributed by atoms with Gasteiger partial charge in [0.1, 0.15) is 0 Å². The van der Waals surface area contributed by atoms with Crippen molar-refractivity contribution in [3.8, 4) is 0 Å². The molecule has 1 aromatic carbocycles. The van der Waals surface area contributed by atoms with Crippen LogP contribution in [0.25, 0.3) is 0 Å². The van der Waals surface area contributed by atoms with Crippen molar-refractivity contribution in [2.24, 2.45) is 0 Å². The standard InChI is InChI=1S/C17H18N4O2/c1-12(22)13-4-6-14(7-5-13)18-17(23)15-8-9-16(20-19-15)21-10-2-3-11-21/h4-9H,2-3,10-11H2,1H3,(H,18,23). The minimum Gasteiger partial charge on any atom is -0.355 e. The lowest BCUT2D eigenvalue weighted by molar-refractivity contribution is 0.101. The van der Waals surface area contributed by atoms with Crippen LogP contribution in [0.3, 0.4) is 0 Å². The molecule has 2 heterocycles. The minimum absolute atomic E-state index is 0.00811. The molecular formula is C17H18N4O2. The summed E-state index contributed by atoms with van der Waals surface area (Å²) < 4.78 is 0. The van der Waals surface area contributed by atoms with E-state index in [1.807, 2.05) is 6.07 Å². The number of hydrogen-bond acceptors (Lipinski definition) is 5. The number of carbonyl (C=O) groups excluding carboxylic acids is 2. The van der Waals surface area contributed by atoms with Gasteiger partial charge in [-0.15, -0.1) is 10.2 Å². The van der Waals surface area contributed by atoms with E-state index >= 15 is 0 Å². The SMILES string of the molecule is CC(=O)c1ccc(NC(=O)c2ccc(N3CCCC3)nn2)cc1. The van der Waals surface area contributed by atoms with Crippen molar-refractivity contribution >= 4 is 23.2 Å². The number of Topliss-reactive ketones (excluding diaryl/α,β-unsaturated/α-hetero) is 1. The highest BCUT2D eigenvalue weighted by Crippen LogP contribution is 2.17. The largest absolute Gasteiger partial charge is 0.355 e. The zero-order valence-corrected chi connectivity index (χ0v) is 13.0. The third-order valence-corrected chi connectivity index (χ3v) is 3.86. The van der Waals surface area contributed by atoms with Crippen molar-refractivity contribution in [3.63, 3.8) is 0 Å². The number of ketones is 1. The first-order valence-electron chi connectivity index (χ1n) is 7.64. The lowest BCUT2D eigenvalue weighted by atomic mass is 10.1. The van der Waals surface area contributed by atoms with E-state index in [2.05, 4.69) is 20.4 Å². The molecule has 0 saturated carbocycles. The van der Waals surface area contributed by atoms with Gasteiger partial charge in [-0.25, -0.2) is 0 Å². The molecule has 2 aromatic rings. The topological polar surface area (TPSA) is 75.2 Å². The van der Waals surface area contributed by atoms with E-state index in [0.29, 0.717) is 11.3 Å². The fourth-order valence-electron chi connectivity index (χ4n) is 2.54. The van der Waals surface area contributed by atoms with Gasteiger partial charge in [-0.05, 0) is 56.2 Å². The summed E-state index contributed by atoms with van der Waals surface area (Å²) in [5, 5.41) is 10.9. The van der Waals surface area contributed by atoms with Crippen LogP contribution in [-0.4, -0.2) is 35.0 Å². The van der Waals surface area contributed by atoms with Crippen molar-refractivity contribution in [2.75, 3.05) is 23.3 Å². The Bertz CT molecular complexity index is 704. The van der Waals surface area contributed by atoms with E-state index < -0.39 is 0 Å². The van der Waals surface area contributed by atoms with Crippen LogP contribution in [0, 0.1) is 0 Å². The van der Waals surface area contributed by atoms with Crippen molar-refractivity contribution in [1.82, 2.24) is 10.2 Å². The number of aromatic nitrogens is 2. The zero-order chi connectivity index (χ0) is 16.2. The maximum atomic E-state index is 12.2. The molecule has 0 radical (unpaired) electrons. The number of benzene rings is 1. The Labute approximate surface area is 134 Å². The van der Waals surface area contributed by atoms with Crippen LogP contribution in [0.15, 0.2) is 36.4 Å². The molecule has 0 bridgehead atoms. The highest BCUT2D eigenvalue weighted by Gasteiger charge is 2.15. The third kappa shape index (κ3) is 3.53. The van der Waals surface area contributed by atoms with Crippen molar-refractivity contribution in [2.45, 2.75) is 19.8 Å². The number of nitrogens with one attached hydrogen (secondary N) is 1. The monoisotopic (exact) mass is 310 g/mol. The second kappa shape index (κ2) is 6.56. The van der Waals surface area contributed by atoms with Gasteiger partial charge in [-0.1, -0.05) is 0 Å². The number of nitrogens with zero attached hydrogens (tertiary/aromatic N) is 3. The van der Waals surface area contributed by atoms with Gasteiger partial charge in [0.2, 0.25) is 0 Å². The van der Waals surface area contributed by atoms with Gasteiger partial charge >= 0.3 is 0 Å². The molecule has 3 rings (SSSR count). The van der Waals surface area contributed by atoms with Crippen molar-refractivity contribution in [1.29, 1.82) is 0 Å². The molecule has 1 aromatic heterocycles. The zero-order valence-electron chi connectivity index (χ0n) is 13.0. The van der Waals surface area contributed by atoms with Gasteiger partial charge in [-0.3, -0.25) is 9.59 Å². The Morgan fingerprint density at radius 1 is 1.00 bits per heavy atom. The average Bonchev–Trinajstić information content (AvgIpc) is 3.10. The van der Waals surface area contributed by atoms with Gasteiger partial charge in [0.25, 0.3) is 5.91 Å². The summed E-state index contributed by atoms with van der Waals surface area (Å²) in [7, 11) is 0. The molecular weight excluding hydrogens is 292 g/mol. The Hall–Kier alpha value is -2.76. The van der Waals surface area contributed by atoms with Gasteiger partial charge < -0.3 is 10.2 Å². The van der Waals surface area contributed by atoms with Gasteiger partial charge in [-0.2, -0.15) is 0 Å². The molecule has 0 unspecified atom stereocenters. The van der Waals surface area contributed by atoms with Gasteiger partial charge in [0.05, 0.1) is 0 Å². The summed E-state index contributed by atoms with van der Waals surface area (Å²) >= 11 is 0. The van der Waals surface area contributed by atoms with Crippen LogP contribution in [0.5, 0.6) is 0 Å². The van der Waals surface area contributed by atoms with Crippen LogP contribution >= 0.6 is 0 Å². The van der Waals surface area contributed by atoms with E-state index in [1.165, 1.54) is 19.8 Å². The Kier molecular flexibility index (Phi) is 4.32. The summed E-state index contributed by atoms with van der Waals surface area (Å²) in [5.74, 6) is 0.483. The molecule has 6 nitrogen and oxygen atoms in total. The number of rotatable bonds is 4. The van der Waals surface area contributed by atoms with Crippen LogP contribution in [0.2, 0.25) is 0 Å². The number of amides is 1. The Morgan fingerprint density at radius 3 is 2.26 bits per heavy atom. The van der Waals surface area contributed by atoms with E-state index in [0.717, 1.165) is 18.9 Å². The van der Waals surface area contributed by atoms with Gasteiger partial charge in [0, 0.05) is 24.3 Å². The predicted molar refractivity (Wildman–Crippen MR) is 87.9 cm³/mol. The average molecular weight is 310 g/mol. The molecule has 1 N–H and O–H groups in total. The summed E-state index contributed by atoms with van der Waals surface area (Å²) in [6, 6.07) is 10.3. The normalized spacial score (nSPS) is 13.9.